The van der Waals surface area contributed by atoms with Crippen molar-refractivity contribution >= 4 is 20.3 Å². The van der Waals surface area contributed by atoms with Crippen LogP contribution in [0.1, 0.15) is 0 Å². The summed E-state index contributed by atoms with van der Waals surface area (Å²) in [5.74, 6) is 0. The van der Waals surface area contributed by atoms with Crippen LogP contribution in [0.2, 0.25) is 0 Å². The van der Waals surface area contributed by atoms with Crippen LogP contribution in [0.5, 0.6) is 0 Å². The summed E-state index contributed by atoms with van der Waals surface area (Å²) < 4.78 is 2.50. The van der Waals surface area contributed by atoms with Crippen molar-refractivity contribution < 1.29 is 0 Å². The van der Waals surface area contributed by atoms with Gasteiger partial charge in [0.05, 0.1) is 0 Å². The first-order chi connectivity index (χ1) is 2.91. The zero-order valence-electron chi connectivity index (χ0n) is 3.35. The molecule has 0 fully saturated rings. The molecule has 0 atom stereocenters. The Morgan fingerprint density at radius 2 is 2.67 bits per heavy atom. The second kappa shape index (κ2) is 4.84. The van der Waals surface area contributed by atoms with Gasteiger partial charge in [0.25, 0.3) is 0 Å². The number of aliphatic imine (C=N–C) groups is 1. The Morgan fingerprint density at radius 3 is 2.83 bits per heavy atom. The van der Waals surface area contributed by atoms with Gasteiger partial charge in [0.15, 0.2) is 0 Å². The number of hydrogen-bond acceptors (Lipinski definition) is 1. The average molecular weight is 146 g/mol. The molecule has 0 unspecified atom stereocenters. The topological polar surface area (TPSA) is 12.4 Å². The van der Waals surface area contributed by atoms with Crippen molar-refractivity contribution in [1.29, 1.82) is 0 Å². The Kier molecular flexibility index (Phi) is 4.71. The van der Waals surface area contributed by atoms with E-state index in [1.165, 1.54) is 0 Å². The maximum absolute atomic E-state index is 3.67. The summed E-state index contributed by atoms with van der Waals surface area (Å²) >= 11 is 2.51. The Morgan fingerprint density at radius 1 is 2.00 bits per heavy atom. The predicted molar refractivity (Wildman–Crippen MR) is 28.3 cm³/mol. The molecule has 0 aromatic carbocycles. The molecule has 2 heteroatoms. The van der Waals surface area contributed by atoms with Gasteiger partial charge in [-0.2, -0.15) is 0 Å². The first-order valence-corrected chi connectivity index (χ1v) is 2.42. The minimum absolute atomic E-state index is 0.660. The minimum atomic E-state index is 0.660. The Hall–Kier alpha value is -0.161. The SMILES string of the molecule is C=CCN=C=[Se]. The van der Waals surface area contributed by atoms with E-state index in [9.17, 15) is 0 Å². The van der Waals surface area contributed by atoms with Crippen LogP contribution in [0.4, 0.5) is 0 Å². The van der Waals surface area contributed by atoms with E-state index >= 15 is 0 Å². The fraction of sp³-hybridized carbons (Fsp3) is 0.250. The van der Waals surface area contributed by atoms with E-state index < -0.39 is 0 Å². The molecule has 0 saturated carbocycles. The normalized spacial score (nSPS) is 6.00. The van der Waals surface area contributed by atoms with E-state index in [-0.39, 0.29) is 0 Å². The van der Waals surface area contributed by atoms with Crippen LogP contribution in [0.3, 0.4) is 0 Å². The van der Waals surface area contributed by atoms with Crippen LogP contribution in [-0.4, -0.2) is 26.8 Å². The quantitative estimate of drug-likeness (QED) is 0.300. The molecular formula is C4H5NSe. The molecular weight excluding hydrogens is 141 g/mol. The molecule has 0 N–H and O–H groups in total. The summed E-state index contributed by atoms with van der Waals surface area (Å²) in [7, 11) is 0. The standard InChI is InChI=1S/C4H5NSe/c1-2-3-5-4-6/h2H,1,3H2. The molecule has 0 amide bonds. The van der Waals surface area contributed by atoms with E-state index in [1.54, 1.807) is 6.08 Å². The molecule has 6 heavy (non-hydrogen) atoms. The van der Waals surface area contributed by atoms with Crippen LogP contribution in [-0.2, 0) is 0 Å². The van der Waals surface area contributed by atoms with Crippen LogP contribution >= 0.6 is 0 Å². The van der Waals surface area contributed by atoms with Gasteiger partial charge in [0, 0.05) is 0 Å². The zero-order chi connectivity index (χ0) is 4.83. The molecule has 1 nitrogen and oxygen atoms in total. The van der Waals surface area contributed by atoms with Crippen LogP contribution in [0, 0.1) is 0 Å². The van der Waals surface area contributed by atoms with E-state index in [0.717, 1.165) is 0 Å². The van der Waals surface area contributed by atoms with Gasteiger partial charge in [-0.15, -0.1) is 0 Å². The van der Waals surface area contributed by atoms with Gasteiger partial charge in [-0.25, -0.2) is 0 Å². The Labute approximate surface area is 45.1 Å². The third kappa shape index (κ3) is 3.84. The molecule has 32 valence electrons. The summed E-state index contributed by atoms with van der Waals surface area (Å²) in [6.45, 7) is 4.11. The second-order valence-corrected chi connectivity index (χ2v) is 1.10. The molecule has 0 spiro atoms. The first kappa shape index (κ1) is 5.84. The summed E-state index contributed by atoms with van der Waals surface area (Å²) in [4.78, 5) is 3.67. The molecule has 0 heterocycles. The van der Waals surface area contributed by atoms with Crippen LogP contribution in [0.25, 0.3) is 0 Å². The molecule has 0 aliphatic carbocycles. The third-order valence-corrected chi connectivity index (χ3v) is 0.556. The van der Waals surface area contributed by atoms with Crippen molar-refractivity contribution in [2.75, 3.05) is 6.54 Å². The molecule has 0 bridgehead atoms. The fourth-order valence-electron chi connectivity index (χ4n) is 0.102. The van der Waals surface area contributed by atoms with Crippen molar-refractivity contribution in [2.24, 2.45) is 4.99 Å². The molecule has 0 aliphatic heterocycles. The molecule has 0 radical (unpaired) electrons. The van der Waals surface area contributed by atoms with E-state index in [0.29, 0.717) is 6.54 Å². The monoisotopic (exact) mass is 147 g/mol. The zero-order valence-corrected chi connectivity index (χ0v) is 5.06. The number of nitrogens with zero attached hydrogens (tertiary/aromatic N) is 1. The Bertz CT molecular complexity index is 81.5. The van der Waals surface area contributed by atoms with Gasteiger partial charge in [-0.3, -0.25) is 0 Å². The molecule has 0 aromatic heterocycles. The predicted octanol–water partition coefficient (Wildman–Crippen LogP) is 0.246. The van der Waals surface area contributed by atoms with Gasteiger partial charge in [0.2, 0.25) is 0 Å². The average Bonchev–Trinajstić information content (AvgIpc) is 1.61. The van der Waals surface area contributed by atoms with Crippen molar-refractivity contribution in [3.8, 4) is 0 Å². The van der Waals surface area contributed by atoms with E-state index in [2.05, 4.69) is 31.9 Å². The fourth-order valence-corrected chi connectivity index (χ4v) is 0.258. The molecule has 0 rings (SSSR count). The maximum atomic E-state index is 3.67. The first-order valence-electron chi connectivity index (χ1n) is 1.56. The van der Waals surface area contributed by atoms with Crippen molar-refractivity contribution in [1.82, 2.24) is 0 Å². The summed E-state index contributed by atoms with van der Waals surface area (Å²) in [6, 6.07) is 0. The van der Waals surface area contributed by atoms with Gasteiger partial charge in [0.1, 0.15) is 0 Å². The van der Waals surface area contributed by atoms with Gasteiger partial charge in [-0.1, -0.05) is 0 Å². The van der Waals surface area contributed by atoms with E-state index in [4.69, 9.17) is 0 Å². The van der Waals surface area contributed by atoms with E-state index in [1.807, 2.05) is 0 Å². The third-order valence-electron chi connectivity index (χ3n) is 0.285. The summed E-state index contributed by atoms with van der Waals surface area (Å²) in [5.41, 5.74) is 0. The summed E-state index contributed by atoms with van der Waals surface area (Å²) in [5, 5.41) is 0. The van der Waals surface area contributed by atoms with Gasteiger partial charge >= 0.3 is 44.5 Å². The van der Waals surface area contributed by atoms with Gasteiger partial charge < -0.3 is 0 Å². The number of rotatable bonds is 2. The summed E-state index contributed by atoms with van der Waals surface area (Å²) in [6.07, 6.45) is 1.71. The van der Waals surface area contributed by atoms with Gasteiger partial charge in [-0.05, 0) is 0 Å². The second-order valence-electron chi connectivity index (χ2n) is 0.721. The van der Waals surface area contributed by atoms with Crippen molar-refractivity contribution in [2.45, 2.75) is 0 Å². The molecule has 0 saturated heterocycles. The van der Waals surface area contributed by atoms with Crippen molar-refractivity contribution in [3.63, 3.8) is 0 Å². The Balaban J connectivity index is 3.07. The number of hydrogen-bond donors (Lipinski definition) is 0. The van der Waals surface area contributed by atoms with Crippen LogP contribution < -0.4 is 0 Å². The van der Waals surface area contributed by atoms with Crippen LogP contribution in [0.15, 0.2) is 17.6 Å². The molecule has 0 aromatic rings. The van der Waals surface area contributed by atoms with Crippen molar-refractivity contribution in [3.05, 3.63) is 12.7 Å². The molecule has 0 aliphatic rings.